The Morgan fingerprint density at radius 2 is 1.66 bits per heavy atom. The van der Waals surface area contributed by atoms with Crippen LogP contribution in [0.4, 0.5) is 11.5 Å². The Morgan fingerprint density at radius 3 is 2.22 bits per heavy atom. The van der Waals surface area contributed by atoms with Gasteiger partial charge in [0, 0.05) is 11.9 Å². The van der Waals surface area contributed by atoms with Gasteiger partial charge in [0.25, 0.3) is 15.9 Å². The quantitative estimate of drug-likeness (QED) is 0.461. The van der Waals surface area contributed by atoms with E-state index in [4.69, 9.17) is 14.2 Å². The molecule has 0 spiro atoms. The van der Waals surface area contributed by atoms with Crippen LogP contribution in [-0.4, -0.2) is 40.6 Å². The van der Waals surface area contributed by atoms with Gasteiger partial charge in [-0.25, -0.2) is 13.4 Å². The first kappa shape index (κ1) is 23.4. The van der Waals surface area contributed by atoms with Crippen LogP contribution in [0.2, 0.25) is 0 Å². The third-order valence-electron chi connectivity index (χ3n) is 4.34. The predicted molar refractivity (Wildman–Crippen MR) is 123 cm³/mol. The van der Waals surface area contributed by atoms with Crippen LogP contribution in [0, 0.1) is 0 Å². The van der Waals surface area contributed by atoms with Gasteiger partial charge in [-0.1, -0.05) is 6.07 Å². The summed E-state index contributed by atoms with van der Waals surface area (Å²) in [5.74, 6) is 0.711. The molecule has 0 unspecified atom stereocenters. The van der Waals surface area contributed by atoms with Crippen molar-refractivity contribution in [3.8, 4) is 17.2 Å². The molecule has 11 heteroatoms. The number of halogens is 1. The van der Waals surface area contributed by atoms with E-state index < -0.39 is 15.9 Å². The average Bonchev–Trinajstić information content (AvgIpc) is 2.79. The van der Waals surface area contributed by atoms with Crippen LogP contribution < -0.4 is 24.2 Å². The summed E-state index contributed by atoms with van der Waals surface area (Å²) < 4.78 is 43.7. The van der Waals surface area contributed by atoms with Gasteiger partial charge in [-0.2, -0.15) is 0 Å². The average molecular weight is 522 g/mol. The molecule has 1 amide bonds. The Balaban J connectivity index is 1.82. The van der Waals surface area contributed by atoms with Gasteiger partial charge in [-0.3, -0.25) is 9.52 Å². The van der Waals surface area contributed by atoms with E-state index in [9.17, 15) is 13.2 Å². The third-order valence-corrected chi connectivity index (χ3v) is 6.50. The number of hydrogen-bond donors (Lipinski definition) is 2. The SMILES string of the molecule is COc1cc(C(=O)Nc2ccc(S(=O)(=O)Nc3ccccn3)cc2)c(Br)c(OC)c1OC. The highest BCUT2D eigenvalue weighted by Crippen LogP contribution is 2.44. The van der Waals surface area contributed by atoms with Crippen molar-refractivity contribution in [3.63, 3.8) is 0 Å². The fourth-order valence-electron chi connectivity index (χ4n) is 2.82. The molecule has 2 N–H and O–H groups in total. The lowest BCUT2D eigenvalue weighted by molar-refractivity contribution is 0.102. The largest absolute Gasteiger partial charge is 0.493 e. The second-order valence-corrected chi connectivity index (χ2v) is 8.78. The van der Waals surface area contributed by atoms with E-state index >= 15 is 0 Å². The monoisotopic (exact) mass is 521 g/mol. The zero-order valence-corrected chi connectivity index (χ0v) is 19.8. The normalized spacial score (nSPS) is 10.9. The summed E-state index contributed by atoms with van der Waals surface area (Å²) in [7, 11) is 0.536. The van der Waals surface area contributed by atoms with Crippen LogP contribution >= 0.6 is 15.9 Å². The fraction of sp³-hybridized carbons (Fsp3) is 0.143. The summed E-state index contributed by atoms with van der Waals surface area (Å²) in [6.07, 6.45) is 1.48. The van der Waals surface area contributed by atoms with Gasteiger partial charge >= 0.3 is 0 Å². The number of amides is 1. The number of hydrogen-bond acceptors (Lipinski definition) is 7. The Hall–Kier alpha value is -3.31. The second kappa shape index (κ2) is 9.88. The Labute approximate surface area is 193 Å². The smallest absolute Gasteiger partial charge is 0.263 e. The molecule has 168 valence electrons. The maximum absolute atomic E-state index is 12.9. The molecule has 0 saturated carbocycles. The molecule has 0 radical (unpaired) electrons. The van der Waals surface area contributed by atoms with Crippen molar-refractivity contribution in [1.29, 1.82) is 0 Å². The number of carbonyl (C=O) groups excluding carboxylic acids is 1. The summed E-state index contributed by atoms with van der Waals surface area (Å²) >= 11 is 3.36. The van der Waals surface area contributed by atoms with Gasteiger partial charge in [0.2, 0.25) is 5.75 Å². The van der Waals surface area contributed by atoms with Gasteiger partial charge in [-0.15, -0.1) is 0 Å². The first-order valence-corrected chi connectivity index (χ1v) is 11.4. The van der Waals surface area contributed by atoms with Crippen molar-refractivity contribution < 1.29 is 27.4 Å². The number of methoxy groups -OCH3 is 3. The number of benzene rings is 2. The summed E-state index contributed by atoms with van der Waals surface area (Å²) in [4.78, 5) is 16.8. The minimum absolute atomic E-state index is 0.0233. The molecule has 2 aromatic carbocycles. The fourth-order valence-corrected chi connectivity index (χ4v) is 4.47. The molecule has 0 aliphatic rings. The van der Waals surface area contributed by atoms with Crippen LogP contribution in [-0.2, 0) is 10.0 Å². The van der Waals surface area contributed by atoms with Crippen molar-refractivity contribution in [2.45, 2.75) is 4.90 Å². The highest BCUT2D eigenvalue weighted by Gasteiger charge is 2.23. The number of pyridine rings is 1. The van der Waals surface area contributed by atoms with Gasteiger partial charge in [0.05, 0.1) is 36.3 Å². The molecule has 0 saturated heterocycles. The zero-order valence-electron chi connectivity index (χ0n) is 17.4. The third kappa shape index (κ3) is 4.94. The van der Waals surface area contributed by atoms with Crippen LogP contribution in [0.15, 0.2) is 64.1 Å². The molecule has 0 aliphatic heterocycles. The number of sulfonamides is 1. The lowest BCUT2D eigenvalue weighted by atomic mass is 10.1. The van der Waals surface area contributed by atoms with Gasteiger partial charge in [0.1, 0.15) is 5.82 Å². The first-order valence-electron chi connectivity index (χ1n) is 9.14. The minimum atomic E-state index is -3.82. The minimum Gasteiger partial charge on any atom is -0.493 e. The Bertz CT molecular complexity index is 1220. The molecule has 1 aromatic heterocycles. The van der Waals surface area contributed by atoms with E-state index in [1.54, 1.807) is 18.2 Å². The van der Waals surface area contributed by atoms with E-state index in [-0.39, 0.29) is 16.3 Å². The molecule has 3 aromatic rings. The molecule has 0 aliphatic carbocycles. The summed E-state index contributed by atoms with van der Waals surface area (Å²) in [6, 6.07) is 12.1. The summed E-state index contributed by atoms with van der Waals surface area (Å²) in [5.41, 5.74) is 0.639. The lowest BCUT2D eigenvalue weighted by Gasteiger charge is -2.16. The van der Waals surface area contributed by atoms with E-state index in [1.807, 2.05) is 0 Å². The number of aromatic nitrogens is 1. The van der Waals surface area contributed by atoms with Crippen LogP contribution in [0.3, 0.4) is 0 Å². The molecule has 3 rings (SSSR count). The number of carbonyl (C=O) groups is 1. The summed E-state index contributed by atoms with van der Waals surface area (Å²) in [5, 5.41) is 2.72. The number of anilines is 2. The van der Waals surface area contributed by atoms with Crippen LogP contribution in [0.5, 0.6) is 17.2 Å². The molecule has 9 nitrogen and oxygen atoms in total. The zero-order chi connectivity index (χ0) is 23.3. The number of nitrogens with one attached hydrogen (secondary N) is 2. The van der Waals surface area contributed by atoms with E-state index in [2.05, 4.69) is 31.0 Å². The highest BCUT2D eigenvalue weighted by atomic mass is 79.9. The maximum atomic E-state index is 12.9. The maximum Gasteiger partial charge on any atom is 0.263 e. The number of rotatable bonds is 8. The van der Waals surface area contributed by atoms with Crippen molar-refractivity contribution >= 4 is 43.4 Å². The Kier molecular flexibility index (Phi) is 7.21. The number of nitrogens with zero attached hydrogens (tertiary/aromatic N) is 1. The van der Waals surface area contributed by atoms with Crippen molar-refractivity contribution in [3.05, 3.63) is 64.8 Å². The van der Waals surface area contributed by atoms with E-state index in [0.29, 0.717) is 27.4 Å². The second-order valence-electron chi connectivity index (χ2n) is 6.31. The van der Waals surface area contributed by atoms with E-state index in [0.717, 1.165) is 0 Å². The predicted octanol–water partition coefficient (Wildman–Crippen LogP) is 3.92. The van der Waals surface area contributed by atoms with Gasteiger partial charge in [-0.05, 0) is 58.4 Å². The molecule has 0 fully saturated rings. The van der Waals surface area contributed by atoms with Gasteiger partial charge < -0.3 is 19.5 Å². The molecule has 0 bridgehead atoms. The first-order chi connectivity index (χ1) is 15.3. The molecular weight excluding hydrogens is 502 g/mol. The standard InChI is InChI=1S/C21H20BrN3O6S/c1-29-16-12-15(18(22)20(31-3)19(16)30-2)21(26)24-13-7-9-14(10-8-13)32(27,28)25-17-6-4-5-11-23-17/h4-12H,1-3H3,(H,23,25)(H,24,26). The Morgan fingerprint density at radius 1 is 0.969 bits per heavy atom. The van der Waals surface area contributed by atoms with Crippen molar-refractivity contribution in [2.75, 3.05) is 31.4 Å². The van der Waals surface area contributed by atoms with Crippen LogP contribution in [0.1, 0.15) is 10.4 Å². The summed E-state index contributed by atoms with van der Waals surface area (Å²) in [6.45, 7) is 0. The van der Waals surface area contributed by atoms with Gasteiger partial charge in [0.15, 0.2) is 11.5 Å². The molecular formula is C21H20BrN3O6S. The van der Waals surface area contributed by atoms with Crippen LogP contribution in [0.25, 0.3) is 0 Å². The van der Waals surface area contributed by atoms with E-state index in [1.165, 1.54) is 57.9 Å². The lowest BCUT2D eigenvalue weighted by Crippen LogP contribution is -2.15. The molecule has 32 heavy (non-hydrogen) atoms. The topological polar surface area (TPSA) is 116 Å². The highest BCUT2D eigenvalue weighted by molar-refractivity contribution is 9.10. The van der Waals surface area contributed by atoms with Crippen molar-refractivity contribution in [2.24, 2.45) is 0 Å². The molecule has 1 heterocycles. The van der Waals surface area contributed by atoms with Crippen molar-refractivity contribution in [1.82, 2.24) is 4.98 Å². The molecule has 0 atom stereocenters. The number of ether oxygens (including phenoxy) is 3.